The molecule has 1 aromatic heterocycles. The molecule has 0 fully saturated rings. The molecule has 152 valence electrons. The van der Waals surface area contributed by atoms with Crippen molar-refractivity contribution in [2.45, 2.75) is 46.7 Å². The van der Waals surface area contributed by atoms with Crippen LogP contribution in [0.2, 0.25) is 0 Å². The monoisotopic (exact) mass is 393 g/mol. The molecule has 29 heavy (non-hydrogen) atoms. The Hall–Kier alpha value is -3.15. The Labute approximate surface area is 171 Å². The maximum atomic E-state index is 12.9. The lowest BCUT2D eigenvalue weighted by Crippen LogP contribution is -2.47. The number of hydrogen-bond donors (Lipinski definition) is 0. The van der Waals surface area contributed by atoms with E-state index in [0.29, 0.717) is 17.5 Å². The molecule has 0 radical (unpaired) electrons. The van der Waals surface area contributed by atoms with Gasteiger partial charge in [0.15, 0.2) is 6.61 Å². The molecule has 3 aromatic rings. The topological polar surface area (TPSA) is 68.5 Å². The van der Waals surface area contributed by atoms with Gasteiger partial charge in [0, 0.05) is 11.1 Å². The van der Waals surface area contributed by atoms with Gasteiger partial charge in [0.25, 0.3) is 5.91 Å². The first-order valence-corrected chi connectivity index (χ1v) is 9.62. The Morgan fingerprint density at radius 1 is 1.10 bits per heavy atom. The Morgan fingerprint density at radius 3 is 2.48 bits per heavy atom. The van der Waals surface area contributed by atoms with Gasteiger partial charge in [0.1, 0.15) is 12.3 Å². The second-order valence-corrected chi connectivity index (χ2v) is 8.09. The summed E-state index contributed by atoms with van der Waals surface area (Å²) in [6.45, 7) is 10.1. The lowest BCUT2D eigenvalue weighted by atomic mass is 10.1. The zero-order valence-electron chi connectivity index (χ0n) is 17.6. The van der Waals surface area contributed by atoms with Crippen molar-refractivity contribution < 1.29 is 14.1 Å². The van der Waals surface area contributed by atoms with Gasteiger partial charge in [-0.05, 0) is 46.2 Å². The van der Waals surface area contributed by atoms with Crippen molar-refractivity contribution >= 4 is 5.91 Å². The molecule has 1 heterocycles. The molecular formula is C23H27N3O3. The van der Waals surface area contributed by atoms with Crippen LogP contribution >= 0.6 is 0 Å². The molecule has 0 aliphatic rings. The molecule has 0 saturated carbocycles. The van der Waals surface area contributed by atoms with Crippen LogP contribution in [-0.4, -0.2) is 33.1 Å². The van der Waals surface area contributed by atoms with E-state index in [1.807, 2.05) is 83.1 Å². The summed E-state index contributed by atoms with van der Waals surface area (Å²) in [6, 6.07) is 15.5. The Morgan fingerprint density at radius 2 is 1.83 bits per heavy atom. The molecule has 0 bridgehead atoms. The first-order chi connectivity index (χ1) is 13.7. The molecule has 0 aliphatic heterocycles. The van der Waals surface area contributed by atoms with Crippen LogP contribution in [0, 0.1) is 13.8 Å². The number of carbonyl (C=O) groups is 1. The number of benzene rings is 2. The summed E-state index contributed by atoms with van der Waals surface area (Å²) >= 11 is 0. The number of carbonyl (C=O) groups excluding carboxylic acids is 1. The van der Waals surface area contributed by atoms with E-state index in [9.17, 15) is 4.79 Å². The second-order valence-electron chi connectivity index (χ2n) is 8.09. The number of nitrogens with zero attached hydrogens (tertiary/aromatic N) is 3. The van der Waals surface area contributed by atoms with E-state index in [0.717, 1.165) is 16.7 Å². The molecule has 6 nitrogen and oxygen atoms in total. The van der Waals surface area contributed by atoms with E-state index in [-0.39, 0.29) is 19.1 Å². The van der Waals surface area contributed by atoms with Crippen molar-refractivity contribution in [3.8, 4) is 17.1 Å². The minimum Gasteiger partial charge on any atom is -0.483 e. The van der Waals surface area contributed by atoms with Crippen molar-refractivity contribution in [3.05, 3.63) is 65.5 Å². The summed E-state index contributed by atoms with van der Waals surface area (Å²) in [7, 11) is 0. The van der Waals surface area contributed by atoms with Crippen molar-refractivity contribution in [2.75, 3.05) is 6.61 Å². The fraction of sp³-hybridized carbons (Fsp3) is 0.348. The Kier molecular flexibility index (Phi) is 6.01. The molecule has 0 saturated heterocycles. The lowest BCUT2D eigenvalue weighted by molar-refractivity contribution is -0.139. The summed E-state index contributed by atoms with van der Waals surface area (Å²) in [4.78, 5) is 19.1. The van der Waals surface area contributed by atoms with Gasteiger partial charge >= 0.3 is 0 Å². The van der Waals surface area contributed by atoms with Crippen LogP contribution in [0.15, 0.2) is 53.1 Å². The molecule has 0 N–H and O–H groups in total. The third-order valence-electron chi connectivity index (χ3n) is 4.59. The average molecular weight is 393 g/mol. The zero-order chi connectivity index (χ0) is 21.0. The highest BCUT2D eigenvalue weighted by molar-refractivity contribution is 5.78. The van der Waals surface area contributed by atoms with Crippen LogP contribution in [0.1, 0.15) is 37.8 Å². The van der Waals surface area contributed by atoms with Gasteiger partial charge in [-0.15, -0.1) is 0 Å². The molecule has 6 heteroatoms. The zero-order valence-corrected chi connectivity index (χ0v) is 17.6. The summed E-state index contributed by atoms with van der Waals surface area (Å²) in [5.74, 6) is 1.46. The minimum absolute atomic E-state index is 0.0547. The first kappa shape index (κ1) is 20.6. The van der Waals surface area contributed by atoms with Gasteiger partial charge in [-0.25, -0.2) is 0 Å². The van der Waals surface area contributed by atoms with Crippen LogP contribution in [0.4, 0.5) is 0 Å². The normalized spacial score (nSPS) is 11.3. The van der Waals surface area contributed by atoms with Crippen LogP contribution < -0.4 is 4.74 Å². The smallest absolute Gasteiger partial charge is 0.261 e. The van der Waals surface area contributed by atoms with Gasteiger partial charge in [-0.1, -0.05) is 53.2 Å². The molecular weight excluding hydrogens is 366 g/mol. The number of rotatable bonds is 6. The lowest BCUT2D eigenvalue weighted by Gasteiger charge is -2.34. The third-order valence-corrected chi connectivity index (χ3v) is 4.59. The van der Waals surface area contributed by atoms with Crippen LogP contribution in [0.5, 0.6) is 5.75 Å². The fourth-order valence-electron chi connectivity index (χ4n) is 3.04. The van der Waals surface area contributed by atoms with Gasteiger partial charge in [0.2, 0.25) is 11.7 Å². The highest BCUT2D eigenvalue weighted by Gasteiger charge is 2.29. The number of aromatic nitrogens is 2. The summed E-state index contributed by atoms with van der Waals surface area (Å²) in [5.41, 5.74) is 2.60. The molecule has 2 aromatic carbocycles. The summed E-state index contributed by atoms with van der Waals surface area (Å²) in [5, 5.41) is 4.04. The molecule has 0 atom stereocenters. The predicted molar refractivity (Wildman–Crippen MR) is 111 cm³/mol. The van der Waals surface area contributed by atoms with E-state index in [1.54, 1.807) is 4.90 Å². The molecule has 0 unspecified atom stereocenters. The maximum absolute atomic E-state index is 12.9. The third kappa shape index (κ3) is 5.22. The molecule has 0 spiro atoms. The highest BCUT2D eigenvalue weighted by Crippen LogP contribution is 2.22. The standard InChI is InChI=1S/C23H27N3O3/c1-16-11-12-19(17(2)13-16)28-15-21(27)26(23(3,4)5)14-20-24-22(25-29-20)18-9-7-6-8-10-18/h6-13H,14-15H2,1-5H3. The summed E-state index contributed by atoms with van der Waals surface area (Å²) < 4.78 is 11.2. The van der Waals surface area contributed by atoms with E-state index < -0.39 is 5.54 Å². The molecule has 0 aliphatic carbocycles. The Balaban J connectivity index is 1.71. The first-order valence-electron chi connectivity index (χ1n) is 9.62. The van der Waals surface area contributed by atoms with Crippen molar-refractivity contribution in [1.29, 1.82) is 0 Å². The number of amides is 1. The summed E-state index contributed by atoms with van der Waals surface area (Å²) in [6.07, 6.45) is 0. The number of ether oxygens (including phenoxy) is 1. The SMILES string of the molecule is Cc1ccc(OCC(=O)N(Cc2nc(-c3ccccc3)no2)C(C)(C)C)c(C)c1. The van der Waals surface area contributed by atoms with E-state index in [1.165, 1.54) is 0 Å². The van der Waals surface area contributed by atoms with E-state index >= 15 is 0 Å². The van der Waals surface area contributed by atoms with Crippen LogP contribution in [0.3, 0.4) is 0 Å². The number of hydrogen-bond acceptors (Lipinski definition) is 5. The van der Waals surface area contributed by atoms with Crippen LogP contribution in [0.25, 0.3) is 11.4 Å². The predicted octanol–water partition coefficient (Wildman–Crippen LogP) is 4.56. The van der Waals surface area contributed by atoms with Crippen molar-refractivity contribution in [1.82, 2.24) is 15.0 Å². The van der Waals surface area contributed by atoms with E-state index in [4.69, 9.17) is 9.26 Å². The Bertz CT molecular complexity index is 975. The largest absolute Gasteiger partial charge is 0.483 e. The van der Waals surface area contributed by atoms with Crippen molar-refractivity contribution in [3.63, 3.8) is 0 Å². The van der Waals surface area contributed by atoms with Crippen molar-refractivity contribution in [2.24, 2.45) is 0 Å². The minimum atomic E-state index is -0.426. The van der Waals surface area contributed by atoms with E-state index in [2.05, 4.69) is 10.1 Å². The molecule has 3 rings (SSSR count). The second kappa shape index (κ2) is 8.47. The molecule has 1 amide bonds. The average Bonchev–Trinajstić information content (AvgIpc) is 3.14. The van der Waals surface area contributed by atoms with Crippen LogP contribution in [-0.2, 0) is 11.3 Å². The maximum Gasteiger partial charge on any atom is 0.261 e. The van der Waals surface area contributed by atoms with Gasteiger partial charge in [-0.2, -0.15) is 4.98 Å². The van der Waals surface area contributed by atoms with Gasteiger partial charge in [-0.3, -0.25) is 4.79 Å². The number of aryl methyl sites for hydroxylation is 2. The van der Waals surface area contributed by atoms with Gasteiger partial charge in [0.05, 0.1) is 0 Å². The fourth-order valence-corrected chi connectivity index (χ4v) is 3.04. The quantitative estimate of drug-likeness (QED) is 0.614. The highest BCUT2D eigenvalue weighted by atomic mass is 16.5. The van der Waals surface area contributed by atoms with Gasteiger partial charge < -0.3 is 14.2 Å².